The van der Waals surface area contributed by atoms with Crippen LogP contribution in [-0.4, -0.2) is 12.5 Å². The number of amides is 1. The lowest BCUT2D eigenvalue weighted by molar-refractivity contribution is 0.100. The van der Waals surface area contributed by atoms with Crippen LogP contribution in [0.2, 0.25) is 0 Å². The summed E-state index contributed by atoms with van der Waals surface area (Å²) >= 11 is 3.55. The SMILES string of the molecule is NC(=O)c1ccccc1Nc1cccc(OCCc2ccccc2Br)c1. The predicted octanol–water partition coefficient (Wildman–Crippen LogP) is 4.91. The van der Waals surface area contributed by atoms with Gasteiger partial charge >= 0.3 is 0 Å². The maximum Gasteiger partial charge on any atom is 0.250 e. The molecule has 26 heavy (non-hydrogen) atoms. The van der Waals surface area contributed by atoms with E-state index in [1.165, 1.54) is 5.56 Å². The lowest BCUT2D eigenvalue weighted by Crippen LogP contribution is -2.13. The number of hydrogen-bond donors (Lipinski definition) is 2. The van der Waals surface area contributed by atoms with Gasteiger partial charge in [0.1, 0.15) is 5.75 Å². The molecule has 1 amide bonds. The topological polar surface area (TPSA) is 64.4 Å². The van der Waals surface area contributed by atoms with Crippen LogP contribution in [0.25, 0.3) is 0 Å². The molecule has 3 N–H and O–H groups in total. The third-order valence-corrected chi connectivity index (χ3v) is 4.68. The van der Waals surface area contributed by atoms with E-state index in [2.05, 4.69) is 27.3 Å². The van der Waals surface area contributed by atoms with Gasteiger partial charge in [-0.15, -0.1) is 0 Å². The molecule has 3 aromatic carbocycles. The van der Waals surface area contributed by atoms with Crippen LogP contribution in [0.3, 0.4) is 0 Å². The maximum absolute atomic E-state index is 11.5. The van der Waals surface area contributed by atoms with Gasteiger partial charge < -0.3 is 15.8 Å². The maximum atomic E-state index is 11.5. The summed E-state index contributed by atoms with van der Waals surface area (Å²) in [6.45, 7) is 0.573. The highest BCUT2D eigenvalue weighted by Crippen LogP contribution is 2.24. The number of nitrogens with two attached hydrogens (primary N) is 1. The lowest BCUT2D eigenvalue weighted by atomic mass is 10.1. The molecule has 3 aromatic rings. The van der Waals surface area contributed by atoms with Crippen molar-refractivity contribution in [3.63, 3.8) is 0 Å². The van der Waals surface area contributed by atoms with E-state index in [1.807, 2.05) is 54.6 Å². The molecule has 0 aromatic heterocycles. The molecule has 0 saturated carbocycles. The standard InChI is InChI=1S/C21H19BrN2O2/c22-19-10-3-1-6-15(19)12-13-26-17-8-5-7-16(14-17)24-20-11-4-2-9-18(20)21(23)25/h1-11,14,24H,12-13H2,(H2,23,25). The van der Waals surface area contributed by atoms with Crippen LogP contribution in [0.5, 0.6) is 5.75 Å². The molecule has 0 atom stereocenters. The number of hydrogen-bond acceptors (Lipinski definition) is 3. The fraction of sp³-hybridized carbons (Fsp3) is 0.0952. The molecule has 0 aliphatic heterocycles. The number of nitrogens with one attached hydrogen (secondary N) is 1. The van der Waals surface area contributed by atoms with Crippen molar-refractivity contribution in [1.82, 2.24) is 0 Å². The quantitative estimate of drug-likeness (QED) is 0.581. The third kappa shape index (κ3) is 4.64. The number of halogens is 1. The molecular weight excluding hydrogens is 392 g/mol. The first-order chi connectivity index (χ1) is 12.6. The molecule has 0 spiro atoms. The summed E-state index contributed by atoms with van der Waals surface area (Å²) in [5.74, 6) is 0.299. The minimum absolute atomic E-state index is 0.452. The van der Waals surface area contributed by atoms with Crippen LogP contribution in [0.15, 0.2) is 77.3 Å². The van der Waals surface area contributed by atoms with Crippen molar-refractivity contribution >= 4 is 33.2 Å². The van der Waals surface area contributed by atoms with E-state index in [1.54, 1.807) is 12.1 Å². The van der Waals surface area contributed by atoms with Crippen molar-refractivity contribution in [3.05, 3.63) is 88.4 Å². The van der Waals surface area contributed by atoms with Crippen molar-refractivity contribution in [2.45, 2.75) is 6.42 Å². The second-order valence-corrected chi connectivity index (χ2v) is 6.61. The Morgan fingerprint density at radius 1 is 1.00 bits per heavy atom. The zero-order valence-electron chi connectivity index (χ0n) is 14.1. The van der Waals surface area contributed by atoms with Gasteiger partial charge in [0.25, 0.3) is 5.91 Å². The molecule has 0 aliphatic rings. The average Bonchev–Trinajstić information content (AvgIpc) is 2.64. The number of anilines is 2. The van der Waals surface area contributed by atoms with Gasteiger partial charge in [0.2, 0.25) is 0 Å². The van der Waals surface area contributed by atoms with Gasteiger partial charge in [-0.2, -0.15) is 0 Å². The molecule has 0 unspecified atom stereocenters. The predicted molar refractivity (Wildman–Crippen MR) is 108 cm³/mol. The summed E-state index contributed by atoms with van der Waals surface area (Å²) in [4.78, 5) is 11.5. The molecule has 0 heterocycles. The molecule has 0 bridgehead atoms. The Morgan fingerprint density at radius 2 is 1.77 bits per heavy atom. The van der Waals surface area contributed by atoms with E-state index in [9.17, 15) is 4.79 Å². The number of para-hydroxylation sites is 1. The summed E-state index contributed by atoms with van der Waals surface area (Å²) in [7, 11) is 0. The summed E-state index contributed by atoms with van der Waals surface area (Å²) in [6.07, 6.45) is 0.809. The molecule has 0 aliphatic carbocycles. The number of carbonyl (C=O) groups is 1. The van der Waals surface area contributed by atoms with Crippen LogP contribution in [0, 0.1) is 0 Å². The lowest BCUT2D eigenvalue weighted by Gasteiger charge is -2.12. The Labute approximate surface area is 161 Å². The van der Waals surface area contributed by atoms with Gasteiger partial charge in [0.15, 0.2) is 0 Å². The van der Waals surface area contributed by atoms with Gasteiger partial charge in [-0.05, 0) is 35.9 Å². The Morgan fingerprint density at radius 3 is 2.58 bits per heavy atom. The largest absolute Gasteiger partial charge is 0.493 e. The monoisotopic (exact) mass is 410 g/mol. The second-order valence-electron chi connectivity index (χ2n) is 5.75. The highest BCUT2D eigenvalue weighted by atomic mass is 79.9. The molecule has 0 fully saturated rings. The fourth-order valence-electron chi connectivity index (χ4n) is 2.61. The van der Waals surface area contributed by atoms with Crippen LogP contribution in [-0.2, 0) is 6.42 Å². The summed E-state index contributed by atoms with van der Waals surface area (Å²) in [6, 6.07) is 22.9. The highest BCUT2D eigenvalue weighted by Gasteiger charge is 2.07. The Bertz CT molecular complexity index is 912. The fourth-order valence-corrected chi connectivity index (χ4v) is 3.09. The Kier molecular flexibility index (Phi) is 5.92. The van der Waals surface area contributed by atoms with Crippen molar-refractivity contribution in [2.24, 2.45) is 5.73 Å². The first kappa shape index (κ1) is 18.0. The number of carbonyl (C=O) groups excluding carboxylic acids is 1. The van der Waals surface area contributed by atoms with E-state index in [0.29, 0.717) is 17.9 Å². The van der Waals surface area contributed by atoms with E-state index < -0.39 is 5.91 Å². The average molecular weight is 411 g/mol. The number of benzene rings is 3. The van der Waals surface area contributed by atoms with Gasteiger partial charge in [-0.25, -0.2) is 0 Å². The van der Waals surface area contributed by atoms with Crippen molar-refractivity contribution in [3.8, 4) is 5.75 Å². The minimum Gasteiger partial charge on any atom is -0.493 e. The van der Waals surface area contributed by atoms with Gasteiger partial charge in [0.05, 0.1) is 17.9 Å². The Hall–Kier alpha value is -2.79. The van der Waals surface area contributed by atoms with Gasteiger partial charge in [-0.3, -0.25) is 4.79 Å². The summed E-state index contributed by atoms with van der Waals surface area (Å²) in [5, 5.41) is 3.22. The van der Waals surface area contributed by atoms with E-state index in [4.69, 9.17) is 10.5 Å². The van der Waals surface area contributed by atoms with Crippen molar-refractivity contribution in [1.29, 1.82) is 0 Å². The molecule has 0 saturated heterocycles. The number of ether oxygens (including phenoxy) is 1. The van der Waals surface area contributed by atoms with Crippen LogP contribution in [0.1, 0.15) is 15.9 Å². The third-order valence-electron chi connectivity index (χ3n) is 3.90. The van der Waals surface area contributed by atoms with Crippen molar-refractivity contribution < 1.29 is 9.53 Å². The van der Waals surface area contributed by atoms with E-state index >= 15 is 0 Å². The minimum atomic E-state index is -0.464. The molecule has 4 nitrogen and oxygen atoms in total. The highest BCUT2D eigenvalue weighted by molar-refractivity contribution is 9.10. The van der Waals surface area contributed by atoms with Crippen molar-refractivity contribution in [2.75, 3.05) is 11.9 Å². The first-order valence-corrected chi connectivity index (χ1v) is 9.05. The van der Waals surface area contributed by atoms with Crippen LogP contribution in [0.4, 0.5) is 11.4 Å². The summed E-state index contributed by atoms with van der Waals surface area (Å²) in [5.41, 5.74) is 8.58. The summed E-state index contributed by atoms with van der Waals surface area (Å²) < 4.78 is 6.95. The van der Waals surface area contributed by atoms with Gasteiger partial charge in [-0.1, -0.05) is 52.3 Å². The first-order valence-electron chi connectivity index (χ1n) is 8.25. The van der Waals surface area contributed by atoms with E-state index in [0.717, 1.165) is 22.3 Å². The molecular formula is C21H19BrN2O2. The molecule has 3 rings (SSSR count). The molecule has 5 heteroatoms. The normalized spacial score (nSPS) is 10.3. The Balaban J connectivity index is 1.65. The number of primary amides is 1. The zero-order valence-corrected chi connectivity index (χ0v) is 15.7. The van der Waals surface area contributed by atoms with E-state index in [-0.39, 0.29) is 0 Å². The smallest absolute Gasteiger partial charge is 0.250 e. The zero-order chi connectivity index (χ0) is 18.4. The molecule has 0 radical (unpaired) electrons. The van der Waals surface area contributed by atoms with Crippen LogP contribution < -0.4 is 15.8 Å². The van der Waals surface area contributed by atoms with Gasteiger partial charge in [0, 0.05) is 22.6 Å². The number of rotatable bonds is 7. The second kappa shape index (κ2) is 8.54. The molecule has 132 valence electrons. The van der Waals surface area contributed by atoms with Crippen LogP contribution >= 0.6 is 15.9 Å².